The van der Waals surface area contributed by atoms with Crippen molar-refractivity contribution < 1.29 is 0 Å². The Bertz CT molecular complexity index is 1240. The van der Waals surface area contributed by atoms with Crippen molar-refractivity contribution in [1.82, 2.24) is 24.3 Å². The number of anilines is 2. The highest BCUT2D eigenvalue weighted by Crippen LogP contribution is 2.31. The van der Waals surface area contributed by atoms with Crippen molar-refractivity contribution in [3.05, 3.63) is 66.9 Å². The molecule has 4 heterocycles. The maximum atomic E-state index is 4.81. The Hall–Kier alpha value is -3.54. The minimum Gasteiger partial charge on any atom is -0.338 e. The minimum absolute atomic E-state index is 0.750. The molecule has 0 bridgehead atoms. The molecule has 1 aromatic carbocycles. The Kier molecular flexibility index (Phi) is 2.90. The summed E-state index contributed by atoms with van der Waals surface area (Å²) in [7, 11) is 0. The SMILES string of the molecule is Cc1cccc(Nc2nc3ccncc3c3nc4ccncn4c23)c1. The molecule has 0 fully saturated rings. The van der Waals surface area contributed by atoms with Crippen LogP contribution in [-0.2, 0) is 0 Å². The highest BCUT2D eigenvalue weighted by atomic mass is 15.1. The van der Waals surface area contributed by atoms with Crippen LogP contribution in [-0.4, -0.2) is 24.3 Å². The van der Waals surface area contributed by atoms with Gasteiger partial charge in [-0.2, -0.15) is 0 Å². The van der Waals surface area contributed by atoms with Crippen LogP contribution in [0.4, 0.5) is 11.5 Å². The van der Waals surface area contributed by atoms with Gasteiger partial charge in [0.15, 0.2) is 5.82 Å². The Morgan fingerprint density at radius 1 is 1.00 bits per heavy atom. The Morgan fingerprint density at radius 2 is 1.92 bits per heavy atom. The number of imidazole rings is 1. The largest absolute Gasteiger partial charge is 0.338 e. The van der Waals surface area contributed by atoms with Gasteiger partial charge in [-0.15, -0.1) is 0 Å². The zero-order chi connectivity index (χ0) is 16.8. The second-order valence-corrected chi connectivity index (χ2v) is 5.97. The fourth-order valence-corrected chi connectivity index (χ4v) is 3.10. The summed E-state index contributed by atoms with van der Waals surface area (Å²) in [6.07, 6.45) is 7.05. The van der Waals surface area contributed by atoms with E-state index in [9.17, 15) is 0 Å². The molecule has 0 aliphatic rings. The van der Waals surface area contributed by atoms with Crippen molar-refractivity contribution in [2.45, 2.75) is 6.92 Å². The molecule has 0 aliphatic carbocycles. The van der Waals surface area contributed by atoms with Gasteiger partial charge >= 0.3 is 0 Å². The molecule has 0 unspecified atom stereocenters. The van der Waals surface area contributed by atoms with Crippen LogP contribution >= 0.6 is 0 Å². The summed E-state index contributed by atoms with van der Waals surface area (Å²) < 4.78 is 1.95. The van der Waals surface area contributed by atoms with Crippen LogP contribution in [0.5, 0.6) is 0 Å². The molecular formula is C19H14N6. The van der Waals surface area contributed by atoms with Crippen molar-refractivity contribution in [2.75, 3.05) is 5.32 Å². The monoisotopic (exact) mass is 326 g/mol. The number of fused-ring (bicyclic) bond motifs is 5. The summed E-state index contributed by atoms with van der Waals surface area (Å²) in [5, 5.41) is 4.36. The van der Waals surface area contributed by atoms with Crippen LogP contribution in [0.25, 0.3) is 27.6 Å². The molecule has 0 atom stereocenters. The lowest BCUT2D eigenvalue weighted by molar-refractivity contribution is 1.11. The van der Waals surface area contributed by atoms with E-state index in [-0.39, 0.29) is 0 Å². The van der Waals surface area contributed by atoms with Gasteiger partial charge in [0, 0.05) is 29.7 Å². The first-order chi connectivity index (χ1) is 12.3. The summed E-state index contributed by atoms with van der Waals surface area (Å²) in [6, 6.07) is 12.0. The predicted molar refractivity (Wildman–Crippen MR) is 98.1 cm³/mol. The number of hydrogen-bond donors (Lipinski definition) is 1. The van der Waals surface area contributed by atoms with Crippen molar-refractivity contribution >= 4 is 39.1 Å². The molecule has 5 rings (SSSR count). The third kappa shape index (κ3) is 2.19. The smallest absolute Gasteiger partial charge is 0.157 e. The second-order valence-electron chi connectivity index (χ2n) is 5.97. The Balaban J connectivity index is 1.86. The first-order valence-electron chi connectivity index (χ1n) is 7.99. The van der Waals surface area contributed by atoms with Crippen molar-refractivity contribution in [3.8, 4) is 0 Å². The van der Waals surface area contributed by atoms with Gasteiger partial charge in [0.2, 0.25) is 0 Å². The number of aromatic nitrogens is 5. The maximum absolute atomic E-state index is 4.81. The van der Waals surface area contributed by atoms with E-state index in [2.05, 4.69) is 34.3 Å². The normalized spacial score (nSPS) is 11.4. The third-order valence-corrected chi connectivity index (χ3v) is 4.22. The van der Waals surface area contributed by atoms with Crippen molar-refractivity contribution in [2.24, 2.45) is 0 Å². The number of aryl methyl sites for hydroxylation is 1. The molecule has 120 valence electrons. The van der Waals surface area contributed by atoms with E-state index in [0.717, 1.165) is 39.1 Å². The van der Waals surface area contributed by atoms with Gasteiger partial charge in [-0.05, 0) is 36.8 Å². The standard InChI is InChI=1S/C19H14N6/c1-12-3-2-4-13(9-12)22-19-18-17(14-10-20-7-5-15(14)23-19)24-16-6-8-21-11-25(16)18/h2-11H,1H3,(H,22,23). The average molecular weight is 326 g/mol. The Morgan fingerprint density at radius 3 is 2.84 bits per heavy atom. The highest BCUT2D eigenvalue weighted by Gasteiger charge is 2.15. The fourth-order valence-electron chi connectivity index (χ4n) is 3.10. The molecule has 0 aliphatic heterocycles. The first kappa shape index (κ1) is 13.9. The van der Waals surface area contributed by atoms with Gasteiger partial charge in [0.1, 0.15) is 23.0 Å². The third-order valence-electron chi connectivity index (χ3n) is 4.22. The molecular weight excluding hydrogens is 312 g/mol. The lowest BCUT2D eigenvalue weighted by Gasteiger charge is -2.10. The number of rotatable bonds is 2. The zero-order valence-electron chi connectivity index (χ0n) is 13.5. The Labute approximate surface area is 143 Å². The molecule has 4 aromatic heterocycles. The lowest BCUT2D eigenvalue weighted by atomic mass is 10.2. The topological polar surface area (TPSA) is 68.0 Å². The molecule has 5 aromatic rings. The molecule has 6 nitrogen and oxygen atoms in total. The fraction of sp³-hybridized carbons (Fsp3) is 0.0526. The number of benzene rings is 1. The van der Waals surface area contributed by atoms with E-state index in [1.54, 1.807) is 24.9 Å². The molecule has 6 heteroatoms. The molecule has 0 saturated carbocycles. The lowest BCUT2D eigenvalue weighted by Crippen LogP contribution is -1.98. The van der Waals surface area contributed by atoms with Gasteiger partial charge in [-0.25, -0.2) is 15.0 Å². The van der Waals surface area contributed by atoms with E-state index < -0.39 is 0 Å². The molecule has 0 saturated heterocycles. The summed E-state index contributed by atoms with van der Waals surface area (Å²) in [6.45, 7) is 2.07. The number of pyridine rings is 2. The van der Waals surface area contributed by atoms with Gasteiger partial charge in [0.05, 0.1) is 5.52 Å². The minimum atomic E-state index is 0.750. The van der Waals surface area contributed by atoms with Crippen LogP contribution in [0.15, 0.2) is 61.3 Å². The van der Waals surface area contributed by atoms with E-state index >= 15 is 0 Å². The number of nitrogens with zero attached hydrogens (tertiary/aromatic N) is 5. The van der Waals surface area contributed by atoms with Crippen LogP contribution < -0.4 is 5.32 Å². The average Bonchev–Trinajstić information content (AvgIpc) is 3.02. The second kappa shape index (κ2) is 5.24. The van der Waals surface area contributed by atoms with Crippen molar-refractivity contribution in [1.29, 1.82) is 0 Å². The van der Waals surface area contributed by atoms with Crippen LogP contribution in [0.3, 0.4) is 0 Å². The number of nitrogens with one attached hydrogen (secondary N) is 1. The van der Waals surface area contributed by atoms with Crippen LogP contribution in [0.1, 0.15) is 5.56 Å². The molecule has 0 radical (unpaired) electrons. The van der Waals surface area contributed by atoms with Gasteiger partial charge in [-0.1, -0.05) is 12.1 Å². The molecule has 0 amide bonds. The van der Waals surface area contributed by atoms with Gasteiger partial charge in [0.25, 0.3) is 0 Å². The van der Waals surface area contributed by atoms with Gasteiger partial charge < -0.3 is 5.32 Å². The summed E-state index contributed by atoms with van der Waals surface area (Å²) in [5.41, 5.74) is 5.61. The van der Waals surface area contributed by atoms with E-state index in [4.69, 9.17) is 9.97 Å². The highest BCUT2D eigenvalue weighted by molar-refractivity contribution is 6.08. The maximum Gasteiger partial charge on any atom is 0.157 e. The van der Waals surface area contributed by atoms with E-state index in [0.29, 0.717) is 0 Å². The van der Waals surface area contributed by atoms with E-state index in [1.165, 1.54) is 5.56 Å². The molecule has 0 spiro atoms. The predicted octanol–water partition coefficient (Wildman–Crippen LogP) is 3.88. The summed E-state index contributed by atoms with van der Waals surface area (Å²) in [4.78, 5) is 18.0. The van der Waals surface area contributed by atoms with Gasteiger partial charge in [-0.3, -0.25) is 9.38 Å². The van der Waals surface area contributed by atoms with Crippen LogP contribution in [0.2, 0.25) is 0 Å². The molecule has 25 heavy (non-hydrogen) atoms. The zero-order valence-corrected chi connectivity index (χ0v) is 13.5. The van der Waals surface area contributed by atoms with Crippen molar-refractivity contribution in [3.63, 3.8) is 0 Å². The molecule has 1 N–H and O–H groups in total. The van der Waals surface area contributed by atoms with Crippen LogP contribution in [0, 0.1) is 6.92 Å². The first-order valence-corrected chi connectivity index (χ1v) is 7.99. The summed E-state index contributed by atoms with van der Waals surface area (Å²) >= 11 is 0. The number of hydrogen-bond acceptors (Lipinski definition) is 5. The quantitative estimate of drug-likeness (QED) is 0.533. The summed E-state index contributed by atoms with van der Waals surface area (Å²) in [5.74, 6) is 0.750. The van der Waals surface area contributed by atoms with E-state index in [1.807, 2.05) is 28.7 Å².